The smallest absolute Gasteiger partial charge is 0.321 e. The van der Waals surface area contributed by atoms with Gasteiger partial charge in [0.05, 0.1) is 0 Å². The number of aryl methyl sites for hydroxylation is 1. The first-order valence-electron chi connectivity index (χ1n) is 5.51. The summed E-state index contributed by atoms with van der Waals surface area (Å²) in [6.07, 6.45) is 0.865. The Balaban J connectivity index is 3.07. The van der Waals surface area contributed by atoms with Gasteiger partial charge in [-0.1, -0.05) is 0 Å². The van der Waals surface area contributed by atoms with E-state index in [-0.39, 0.29) is 17.0 Å². The van der Waals surface area contributed by atoms with Crippen LogP contribution in [0.25, 0.3) is 0 Å². The van der Waals surface area contributed by atoms with E-state index in [1.54, 1.807) is 0 Å². The molecule has 112 valence electrons. The monoisotopic (exact) mass is 305 g/mol. The molecule has 0 unspecified atom stereocenters. The highest BCUT2D eigenvalue weighted by atomic mass is 32.2. The summed E-state index contributed by atoms with van der Waals surface area (Å²) >= 11 is 0. The number of carbonyl (C=O) groups excluding carboxylic acids is 1. The van der Waals surface area contributed by atoms with Gasteiger partial charge in [0.2, 0.25) is 10.0 Å². The molecule has 1 heterocycles. The van der Waals surface area contributed by atoms with E-state index in [4.69, 9.17) is 15.9 Å². The Labute approximate surface area is 115 Å². The number of carboxylic acid groups (broad SMARTS) is 1. The zero-order valence-electron chi connectivity index (χ0n) is 10.6. The first kappa shape index (κ1) is 16.1. The van der Waals surface area contributed by atoms with Crippen LogP contribution in [0.4, 0.5) is 0 Å². The highest BCUT2D eigenvalue weighted by molar-refractivity contribution is 7.89. The van der Waals surface area contributed by atoms with Gasteiger partial charge in [0, 0.05) is 19.9 Å². The van der Waals surface area contributed by atoms with Crippen molar-refractivity contribution in [2.24, 2.45) is 12.8 Å². The highest BCUT2D eigenvalue weighted by Gasteiger charge is 2.26. The lowest BCUT2D eigenvalue weighted by atomic mass is 10.2. The molecule has 1 amide bonds. The van der Waals surface area contributed by atoms with Crippen LogP contribution in [0.3, 0.4) is 0 Å². The molecule has 20 heavy (non-hydrogen) atoms. The fourth-order valence-electron chi connectivity index (χ4n) is 1.54. The molecular weight excluding hydrogens is 290 g/mol. The SMILES string of the molecule is Cn1cc(S(=O)(=O)N[C@H](CCO)C(=O)O)cc1C(N)=O. The average molecular weight is 305 g/mol. The maximum atomic E-state index is 12.0. The molecular formula is C10H15N3O6S. The lowest BCUT2D eigenvalue weighted by Crippen LogP contribution is -2.41. The van der Waals surface area contributed by atoms with Gasteiger partial charge in [0.1, 0.15) is 16.6 Å². The molecule has 0 radical (unpaired) electrons. The maximum absolute atomic E-state index is 12.0. The number of aliphatic hydroxyl groups excluding tert-OH is 1. The highest BCUT2D eigenvalue weighted by Crippen LogP contribution is 2.14. The van der Waals surface area contributed by atoms with Crippen LogP contribution in [0.2, 0.25) is 0 Å². The van der Waals surface area contributed by atoms with Gasteiger partial charge in [-0.15, -0.1) is 0 Å². The third kappa shape index (κ3) is 3.56. The number of hydrogen-bond acceptors (Lipinski definition) is 5. The molecule has 1 rings (SSSR count). The second kappa shape index (κ2) is 6.03. The van der Waals surface area contributed by atoms with Crippen LogP contribution in [0.15, 0.2) is 17.2 Å². The topological polar surface area (TPSA) is 152 Å². The van der Waals surface area contributed by atoms with Crippen LogP contribution in [-0.2, 0) is 21.9 Å². The van der Waals surface area contributed by atoms with Gasteiger partial charge in [0.25, 0.3) is 5.91 Å². The van der Waals surface area contributed by atoms with Crippen molar-refractivity contribution in [3.05, 3.63) is 18.0 Å². The predicted molar refractivity (Wildman–Crippen MR) is 67.4 cm³/mol. The van der Waals surface area contributed by atoms with Gasteiger partial charge >= 0.3 is 5.97 Å². The van der Waals surface area contributed by atoms with Crippen molar-refractivity contribution in [1.82, 2.24) is 9.29 Å². The van der Waals surface area contributed by atoms with Crippen LogP contribution >= 0.6 is 0 Å². The molecule has 0 saturated carbocycles. The minimum Gasteiger partial charge on any atom is -0.480 e. The molecule has 0 aliphatic rings. The van der Waals surface area contributed by atoms with Gasteiger partial charge in [-0.2, -0.15) is 4.72 Å². The van der Waals surface area contributed by atoms with Crippen molar-refractivity contribution in [3.63, 3.8) is 0 Å². The molecule has 5 N–H and O–H groups in total. The van der Waals surface area contributed by atoms with Crippen LogP contribution in [0, 0.1) is 0 Å². The lowest BCUT2D eigenvalue weighted by Gasteiger charge is -2.12. The van der Waals surface area contributed by atoms with Crippen LogP contribution in [0.1, 0.15) is 16.9 Å². The molecule has 0 bridgehead atoms. The van der Waals surface area contributed by atoms with Crippen LogP contribution < -0.4 is 10.5 Å². The standard InChI is InChI=1S/C10H15N3O6S/c1-13-5-6(4-8(13)9(11)15)20(18,19)12-7(2-3-14)10(16)17/h4-5,7,12,14H,2-3H2,1H3,(H2,11,15)(H,16,17)/t7-/m1/s1. The van der Waals surface area contributed by atoms with E-state index in [0.29, 0.717) is 0 Å². The Hall–Kier alpha value is -1.91. The Bertz CT molecular complexity index is 621. The summed E-state index contributed by atoms with van der Waals surface area (Å²) in [6, 6.07) is -0.412. The molecule has 0 aromatic carbocycles. The fourth-order valence-corrected chi connectivity index (χ4v) is 2.84. The number of aliphatic carboxylic acids is 1. The fraction of sp³-hybridized carbons (Fsp3) is 0.400. The summed E-state index contributed by atoms with van der Waals surface area (Å²) in [4.78, 5) is 21.6. The number of carboxylic acids is 1. The number of primary amides is 1. The number of rotatable bonds is 7. The summed E-state index contributed by atoms with van der Waals surface area (Å²) in [7, 11) is -2.70. The second-order valence-electron chi connectivity index (χ2n) is 4.06. The largest absolute Gasteiger partial charge is 0.480 e. The number of amides is 1. The van der Waals surface area contributed by atoms with Crippen molar-refractivity contribution in [3.8, 4) is 0 Å². The van der Waals surface area contributed by atoms with Crippen molar-refractivity contribution in [2.75, 3.05) is 6.61 Å². The van der Waals surface area contributed by atoms with E-state index in [9.17, 15) is 18.0 Å². The average Bonchev–Trinajstić information content (AvgIpc) is 2.71. The molecule has 1 atom stereocenters. The van der Waals surface area contributed by atoms with Crippen molar-refractivity contribution >= 4 is 21.9 Å². The van der Waals surface area contributed by atoms with E-state index in [1.807, 2.05) is 4.72 Å². The number of nitrogens with zero attached hydrogens (tertiary/aromatic N) is 1. The number of aromatic nitrogens is 1. The van der Waals surface area contributed by atoms with Gasteiger partial charge in [-0.3, -0.25) is 9.59 Å². The Morgan fingerprint density at radius 3 is 2.50 bits per heavy atom. The quantitative estimate of drug-likeness (QED) is 0.468. The maximum Gasteiger partial charge on any atom is 0.321 e. The zero-order chi connectivity index (χ0) is 15.5. The first-order valence-corrected chi connectivity index (χ1v) is 6.99. The van der Waals surface area contributed by atoms with E-state index < -0.39 is 34.5 Å². The van der Waals surface area contributed by atoms with E-state index in [1.165, 1.54) is 11.6 Å². The number of nitrogens with two attached hydrogens (primary N) is 1. The minimum atomic E-state index is -4.13. The molecule has 0 spiro atoms. The molecule has 1 aromatic rings. The molecule has 1 aromatic heterocycles. The van der Waals surface area contributed by atoms with Gasteiger partial charge in [-0.05, 0) is 12.5 Å². The molecule has 0 aliphatic heterocycles. The number of sulfonamides is 1. The lowest BCUT2D eigenvalue weighted by molar-refractivity contribution is -0.139. The zero-order valence-corrected chi connectivity index (χ0v) is 11.4. The van der Waals surface area contributed by atoms with Gasteiger partial charge < -0.3 is 20.5 Å². The number of hydrogen-bond donors (Lipinski definition) is 4. The van der Waals surface area contributed by atoms with Crippen molar-refractivity contribution < 1.29 is 28.2 Å². The van der Waals surface area contributed by atoms with E-state index in [0.717, 1.165) is 12.3 Å². The summed E-state index contributed by atoms with van der Waals surface area (Å²) in [6.45, 7) is -0.485. The molecule has 0 saturated heterocycles. The van der Waals surface area contributed by atoms with Crippen molar-refractivity contribution in [2.45, 2.75) is 17.4 Å². The summed E-state index contributed by atoms with van der Waals surface area (Å²) in [5, 5.41) is 17.6. The Kier molecular flexibility index (Phi) is 4.87. The normalized spacial score (nSPS) is 13.1. The van der Waals surface area contributed by atoms with E-state index in [2.05, 4.69) is 0 Å². The van der Waals surface area contributed by atoms with Crippen molar-refractivity contribution in [1.29, 1.82) is 0 Å². The molecule has 0 aliphatic carbocycles. The number of aliphatic hydroxyl groups is 1. The van der Waals surface area contributed by atoms with Crippen LogP contribution in [-0.4, -0.2) is 47.7 Å². The third-order valence-corrected chi connectivity index (χ3v) is 3.99. The summed E-state index contributed by atoms with van der Waals surface area (Å²) in [5.74, 6) is -2.22. The number of nitrogens with one attached hydrogen (secondary N) is 1. The third-order valence-electron chi connectivity index (χ3n) is 2.56. The van der Waals surface area contributed by atoms with Crippen LogP contribution in [0.5, 0.6) is 0 Å². The Morgan fingerprint density at radius 1 is 1.50 bits per heavy atom. The Morgan fingerprint density at radius 2 is 2.10 bits per heavy atom. The van der Waals surface area contributed by atoms with Gasteiger partial charge in [-0.25, -0.2) is 8.42 Å². The summed E-state index contributed by atoms with van der Waals surface area (Å²) < 4.78 is 27.1. The molecule has 10 heteroatoms. The number of carbonyl (C=O) groups is 2. The van der Waals surface area contributed by atoms with E-state index >= 15 is 0 Å². The molecule has 9 nitrogen and oxygen atoms in total. The minimum absolute atomic E-state index is 0.0283. The molecule has 0 fully saturated rings. The summed E-state index contributed by atoms with van der Waals surface area (Å²) in [5.41, 5.74) is 5.04. The first-order chi connectivity index (χ1) is 9.19. The van der Waals surface area contributed by atoms with Gasteiger partial charge in [0.15, 0.2) is 0 Å². The second-order valence-corrected chi connectivity index (χ2v) is 5.77. The predicted octanol–water partition coefficient (Wildman–Crippen LogP) is -1.76.